The first-order valence-electron chi connectivity index (χ1n) is 22.7. The number of ether oxygens (including phenoxy) is 1. The summed E-state index contributed by atoms with van der Waals surface area (Å²) in [5.41, 5.74) is 22.8. The molecule has 1 fully saturated rings. The van der Waals surface area contributed by atoms with Gasteiger partial charge in [0.15, 0.2) is 0 Å². The fourth-order valence-electron chi connectivity index (χ4n) is 6.79. The molecule has 9 atom stereocenters. The fraction of sp³-hybridized carbons (Fsp3) is 0.605. The molecule has 1 aromatic rings. The Balaban J connectivity index is 2.71. The number of primary amides is 3. The van der Waals surface area contributed by atoms with Gasteiger partial charge >= 0.3 is 0 Å². The van der Waals surface area contributed by atoms with E-state index in [0.29, 0.717) is 18.4 Å². The first-order valence-corrected chi connectivity index (χ1v) is 25.2. The summed E-state index contributed by atoms with van der Waals surface area (Å²) in [5.74, 6) is -11.4. The highest BCUT2D eigenvalue weighted by atomic mass is 33.1. The minimum Gasteiger partial charge on any atom is -0.508 e. The number of amides is 11. The predicted octanol–water partition coefficient (Wildman–Crippen LogP) is -5.01. The summed E-state index contributed by atoms with van der Waals surface area (Å²) in [6.45, 7) is 2.86. The van der Waals surface area contributed by atoms with Gasteiger partial charge in [0.05, 0.1) is 38.3 Å². The van der Waals surface area contributed by atoms with Crippen molar-refractivity contribution in [1.82, 2.24) is 42.1 Å². The summed E-state index contributed by atoms with van der Waals surface area (Å²) in [5, 5.41) is 38.0. The highest BCUT2D eigenvalue weighted by molar-refractivity contribution is 8.76. The molecule has 1 saturated heterocycles. The van der Waals surface area contributed by atoms with E-state index >= 15 is 0 Å². The average molecular weight is 1040 g/mol. The van der Waals surface area contributed by atoms with Crippen molar-refractivity contribution in [1.29, 1.82) is 0 Å². The number of aliphatic hydroxyl groups is 1. The maximum absolute atomic E-state index is 14.5. The number of hydrogen-bond acceptors (Lipinski definition) is 17. The molecule has 0 aliphatic carbocycles. The summed E-state index contributed by atoms with van der Waals surface area (Å²) >= 11 is 0. The van der Waals surface area contributed by atoms with Crippen molar-refractivity contribution in [3.8, 4) is 5.75 Å². The quantitative estimate of drug-likeness (QED) is 0.0484. The van der Waals surface area contributed by atoms with Crippen molar-refractivity contribution in [2.45, 2.75) is 114 Å². The Labute approximate surface area is 418 Å². The van der Waals surface area contributed by atoms with E-state index < -0.39 is 158 Å². The molecule has 0 saturated carbocycles. The molecule has 71 heavy (non-hydrogen) atoms. The molecular formula is C43H68N12O14S2. The molecule has 0 spiro atoms. The van der Waals surface area contributed by atoms with Crippen LogP contribution in [0.5, 0.6) is 5.75 Å². The molecule has 1 aromatic carbocycles. The third kappa shape index (κ3) is 22.2. The molecule has 1 aliphatic heterocycles. The lowest BCUT2D eigenvalue weighted by molar-refractivity contribution is -0.142. The number of rotatable bonds is 22. The largest absolute Gasteiger partial charge is 0.508 e. The standard InChI is InChI=1S/C43H68N12O14S2/c1-5-7-27(38(63)48-16-34(47)60)49-35(61)18-55(17-25(57)19-69-4)43(68)31-21-71-70-20-26(44)37(62)51-29(14-23-8-10-24(56)11-9-23)41(66)54-36(22(3)6-2)42(67)50-28(12-13-32(45)58)39(64)52-30(15-33(46)59)40(65)53-31/h8-11,22,25-31,36,56-57H,5-7,12-21,44H2,1-4H3,(H2,45,58)(H2,46,59)(H2,47,60)(H,48,63)(H,49,61)(H,50,67)(H,51,62)(H,52,64)(H,53,65)(H,54,66)/t22-,25?,26-,27-,28-,29-,30-,31-,36-/m0/s1. The van der Waals surface area contributed by atoms with Gasteiger partial charge in [-0.3, -0.25) is 52.7 Å². The van der Waals surface area contributed by atoms with Crippen molar-refractivity contribution in [2.75, 3.05) is 44.9 Å². The number of hydrogen-bond donors (Lipinski definition) is 13. The number of nitrogens with one attached hydrogen (secondary N) is 7. The molecule has 1 aliphatic rings. The number of phenolic OH excluding ortho intramolecular Hbond substituents is 1. The van der Waals surface area contributed by atoms with Gasteiger partial charge in [-0.25, -0.2) is 0 Å². The molecular weight excluding hydrogens is 973 g/mol. The third-order valence-electron chi connectivity index (χ3n) is 10.8. The first-order chi connectivity index (χ1) is 33.5. The van der Waals surface area contributed by atoms with Crippen LogP contribution in [0.2, 0.25) is 0 Å². The summed E-state index contributed by atoms with van der Waals surface area (Å²) < 4.78 is 5.02. The van der Waals surface area contributed by atoms with Crippen molar-refractivity contribution in [3.63, 3.8) is 0 Å². The normalized spacial score (nSPS) is 22.1. The molecule has 17 N–H and O–H groups in total. The van der Waals surface area contributed by atoms with Gasteiger partial charge in [-0.05, 0) is 36.5 Å². The molecule has 0 radical (unpaired) electrons. The molecule has 0 bridgehead atoms. The number of carbonyl (C=O) groups is 11. The number of benzene rings is 1. The highest BCUT2D eigenvalue weighted by Crippen LogP contribution is 2.24. The lowest BCUT2D eigenvalue weighted by atomic mass is 9.96. The molecule has 26 nitrogen and oxygen atoms in total. The number of methoxy groups -OCH3 is 1. The van der Waals surface area contributed by atoms with Crippen LogP contribution in [0, 0.1) is 5.92 Å². The third-order valence-corrected chi connectivity index (χ3v) is 13.2. The van der Waals surface area contributed by atoms with Crippen LogP contribution in [0.4, 0.5) is 0 Å². The van der Waals surface area contributed by atoms with Crippen LogP contribution in [0.25, 0.3) is 0 Å². The van der Waals surface area contributed by atoms with Crippen molar-refractivity contribution in [2.24, 2.45) is 28.9 Å². The Hall–Kier alpha value is -6.23. The summed E-state index contributed by atoms with van der Waals surface area (Å²) in [6, 6.07) is -4.52. The van der Waals surface area contributed by atoms with Gasteiger partial charge in [0.25, 0.3) is 0 Å². The molecule has 396 valence electrons. The Kier molecular flexibility index (Phi) is 26.7. The van der Waals surface area contributed by atoms with Gasteiger partial charge in [-0.1, -0.05) is 67.3 Å². The lowest BCUT2D eigenvalue weighted by Crippen LogP contribution is -2.61. The zero-order valence-electron chi connectivity index (χ0n) is 40.1. The maximum Gasteiger partial charge on any atom is 0.246 e. The van der Waals surface area contributed by atoms with E-state index in [1.54, 1.807) is 20.8 Å². The molecule has 2 rings (SSSR count). The number of phenols is 1. The Bertz CT molecular complexity index is 2040. The number of nitrogens with two attached hydrogens (primary N) is 4. The zero-order chi connectivity index (χ0) is 53.4. The van der Waals surface area contributed by atoms with E-state index in [0.717, 1.165) is 26.5 Å². The smallest absolute Gasteiger partial charge is 0.246 e. The van der Waals surface area contributed by atoms with Gasteiger partial charge < -0.3 is 80.0 Å². The SMILES string of the molecule is CCC[C@H](NC(=O)CN(CC(O)COC)C(=O)[C@@H]1CSSC[C@H](N)C(=O)N[C@@H](Cc2ccc(O)cc2)C(=O)N[C@@H]([C@@H](C)CC)C(=O)N[C@@H](CCC(N)=O)C(=O)N[C@@H](CC(N)=O)C(=O)N1)C(=O)NCC(N)=O. The van der Waals surface area contributed by atoms with Gasteiger partial charge in [-0.2, -0.15) is 0 Å². The van der Waals surface area contributed by atoms with E-state index in [9.17, 15) is 63.0 Å². The van der Waals surface area contributed by atoms with Crippen LogP contribution in [-0.2, 0) is 63.9 Å². The number of carbonyl (C=O) groups excluding carboxylic acids is 11. The second-order valence-corrected chi connectivity index (χ2v) is 19.3. The first kappa shape index (κ1) is 60.9. The lowest BCUT2D eigenvalue weighted by Gasteiger charge is -2.31. The van der Waals surface area contributed by atoms with Crippen molar-refractivity contribution >= 4 is 86.6 Å². The van der Waals surface area contributed by atoms with Crippen LogP contribution in [-0.4, -0.2) is 173 Å². The molecule has 1 heterocycles. The Morgan fingerprint density at radius 1 is 0.817 bits per heavy atom. The van der Waals surface area contributed by atoms with Gasteiger partial charge in [0.1, 0.15) is 42.0 Å². The number of nitrogens with zero attached hydrogens (tertiary/aromatic N) is 1. The van der Waals surface area contributed by atoms with Crippen LogP contribution in [0.3, 0.4) is 0 Å². The predicted molar refractivity (Wildman–Crippen MR) is 260 cm³/mol. The monoisotopic (exact) mass is 1040 g/mol. The topological polar surface area (TPSA) is 429 Å². The van der Waals surface area contributed by atoms with Crippen LogP contribution in [0.15, 0.2) is 24.3 Å². The summed E-state index contributed by atoms with van der Waals surface area (Å²) in [7, 11) is 3.15. The number of aromatic hydroxyl groups is 1. The minimum atomic E-state index is -1.83. The van der Waals surface area contributed by atoms with Crippen molar-refractivity contribution in [3.05, 3.63) is 29.8 Å². The fourth-order valence-corrected chi connectivity index (χ4v) is 9.07. The number of aliphatic hydroxyl groups excluding tert-OH is 1. The second-order valence-electron chi connectivity index (χ2n) is 16.8. The highest BCUT2D eigenvalue weighted by Gasteiger charge is 2.37. The van der Waals surface area contributed by atoms with E-state index in [1.165, 1.54) is 31.4 Å². The van der Waals surface area contributed by atoms with Crippen molar-refractivity contribution < 1.29 is 67.7 Å². The van der Waals surface area contributed by atoms with E-state index in [4.69, 9.17) is 27.7 Å². The van der Waals surface area contributed by atoms with E-state index in [1.807, 2.05) is 0 Å². The Morgan fingerprint density at radius 3 is 2.01 bits per heavy atom. The van der Waals surface area contributed by atoms with Crippen LogP contribution >= 0.6 is 21.6 Å². The van der Waals surface area contributed by atoms with Crippen LogP contribution in [0.1, 0.15) is 64.9 Å². The van der Waals surface area contributed by atoms with E-state index in [-0.39, 0.29) is 36.7 Å². The van der Waals surface area contributed by atoms with Gasteiger partial charge in [-0.15, -0.1) is 0 Å². The van der Waals surface area contributed by atoms with Gasteiger partial charge in [0.2, 0.25) is 65.0 Å². The molecule has 1 unspecified atom stereocenters. The summed E-state index contributed by atoms with van der Waals surface area (Å²) in [6.07, 6.45) is -2.48. The minimum absolute atomic E-state index is 0.0639. The Morgan fingerprint density at radius 2 is 1.42 bits per heavy atom. The molecule has 28 heteroatoms. The zero-order valence-corrected chi connectivity index (χ0v) is 41.7. The molecule has 0 aromatic heterocycles. The van der Waals surface area contributed by atoms with Gasteiger partial charge in [0, 0.05) is 38.0 Å². The summed E-state index contributed by atoms with van der Waals surface area (Å²) in [4.78, 5) is 147. The maximum atomic E-state index is 14.5. The second kappa shape index (κ2) is 31.2. The van der Waals surface area contributed by atoms with E-state index in [2.05, 4.69) is 37.2 Å². The molecule has 11 amide bonds. The van der Waals surface area contributed by atoms with Crippen LogP contribution < -0.4 is 60.2 Å². The average Bonchev–Trinajstić information content (AvgIpc) is 3.30.